The standard InChI is InChI=1S/C24H38N2O3/c1-6-19-21(15-27)29-26(14-18-9-7-8-16(2)12-18)22(19)23(28)25-20-10-11-24(4,5)13-17(20)3/h7-9,12,17,19-22,27H,6,10-11,13-15H2,1-5H3,(H,25,28)/t17?,19-,20+,21?,22?/m1/s1. The molecule has 5 heteroatoms. The monoisotopic (exact) mass is 402 g/mol. The molecule has 5 atom stereocenters. The molecule has 2 aliphatic rings. The number of aliphatic hydroxyl groups excluding tert-OH is 1. The summed E-state index contributed by atoms with van der Waals surface area (Å²) < 4.78 is 0. The molecule has 3 rings (SSSR count). The third-order valence-electron chi connectivity index (χ3n) is 6.83. The molecule has 1 aromatic rings. The highest BCUT2D eigenvalue weighted by Gasteiger charge is 2.47. The molecule has 1 saturated heterocycles. The second-order valence-electron chi connectivity index (χ2n) is 9.91. The predicted octanol–water partition coefficient (Wildman–Crippen LogP) is 3.83. The fourth-order valence-electron chi connectivity index (χ4n) is 5.27. The maximum Gasteiger partial charge on any atom is 0.240 e. The molecule has 29 heavy (non-hydrogen) atoms. The lowest BCUT2D eigenvalue weighted by Gasteiger charge is -2.40. The third kappa shape index (κ3) is 5.19. The van der Waals surface area contributed by atoms with Gasteiger partial charge in [-0.25, -0.2) is 0 Å². The molecule has 0 aromatic heterocycles. The summed E-state index contributed by atoms with van der Waals surface area (Å²) in [6.45, 7) is 11.5. The molecule has 0 bridgehead atoms. The summed E-state index contributed by atoms with van der Waals surface area (Å²) in [6, 6.07) is 8.11. The Balaban J connectivity index is 1.75. The number of aliphatic hydroxyl groups is 1. The van der Waals surface area contributed by atoms with Gasteiger partial charge in [0.05, 0.1) is 13.2 Å². The van der Waals surface area contributed by atoms with Crippen molar-refractivity contribution in [3.05, 3.63) is 35.4 Å². The zero-order valence-corrected chi connectivity index (χ0v) is 18.6. The van der Waals surface area contributed by atoms with Crippen LogP contribution in [0.25, 0.3) is 0 Å². The molecule has 5 nitrogen and oxygen atoms in total. The highest BCUT2D eigenvalue weighted by Crippen LogP contribution is 2.39. The minimum absolute atomic E-state index is 0.0138. The Bertz CT molecular complexity index is 705. The molecule has 0 spiro atoms. The van der Waals surface area contributed by atoms with Gasteiger partial charge in [0, 0.05) is 12.0 Å². The van der Waals surface area contributed by atoms with Gasteiger partial charge < -0.3 is 10.4 Å². The lowest BCUT2D eigenvalue weighted by atomic mass is 9.70. The van der Waals surface area contributed by atoms with E-state index >= 15 is 0 Å². The fraction of sp³-hybridized carbons (Fsp3) is 0.708. The number of carbonyl (C=O) groups is 1. The van der Waals surface area contributed by atoms with Crippen molar-refractivity contribution in [1.29, 1.82) is 0 Å². The van der Waals surface area contributed by atoms with E-state index in [1.807, 2.05) is 6.07 Å². The number of amides is 1. The van der Waals surface area contributed by atoms with Crippen LogP contribution in [0.5, 0.6) is 0 Å². The summed E-state index contributed by atoms with van der Waals surface area (Å²) in [4.78, 5) is 19.5. The molecule has 3 unspecified atom stereocenters. The summed E-state index contributed by atoms with van der Waals surface area (Å²) in [6.07, 6.45) is 3.74. The van der Waals surface area contributed by atoms with Crippen molar-refractivity contribution in [2.24, 2.45) is 17.3 Å². The van der Waals surface area contributed by atoms with Crippen molar-refractivity contribution in [2.75, 3.05) is 6.61 Å². The Hall–Kier alpha value is -1.43. The van der Waals surface area contributed by atoms with E-state index in [-0.39, 0.29) is 36.6 Å². The van der Waals surface area contributed by atoms with Crippen LogP contribution in [-0.4, -0.2) is 40.9 Å². The van der Waals surface area contributed by atoms with Crippen molar-refractivity contribution < 1.29 is 14.7 Å². The van der Waals surface area contributed by atoms with E-state index < -0.39 is 0 Å². The Morgan fingerprint density at radius 3 is 2.76 bits per heavy atom. The van der Waals surface area contributed by atoms with Gasteiger partial charge in [-0.3, -0.25) is 9.63 Å². The van der Waals surface area contributed by atoms with Gasteiger partial charge in [0.1, 0.15) is 12.1 Å². The van der Waals surface area contributed by atoms with Gasteiger partial charge in [-0.15, -0.1) is 0 Å². The number of hydroxylamine groups is 2. The van der Waals surface area contributed by atoms with Crippen LogP contribution in [-0.2, 0) is 16.2 Å². The number of hydrogen-bond donors (Lipinski definition) is 2. The van der Waals surface area contributed by atoms with Crippen molar-refractivity contribution in [3.63, 3.8) is 0 Å². The predicted molar refractivity (Wildman–Crippen MR) is 115 cm³/mol. The van der Waals surface area contributed by atoms with Crippen molar-refractivity contribution in [2.45, 2.75) is 85.0 Å². The van der Waals surface area contributed by atoms with Crippen LogP contribution in [0.1, 0.15) is 64.5 Å². The first-order valence-corrected chi connectivity index (χ1v) is 11.1. The van der Waals surface area contributed by atoms with Gasteiger partial charge in [0.25, 0.3) is 0 Å². The largest absolute Gasteiger partial charge is 0.394 e. The number of nitrogens with one attached hydrogen (secondary N) is 1. The van der Waals surface area contributed by atoms with E-state index in [1.54, 1.807) is 5.06 Å². The molecule has 2 fully saturated rings. The van der Waals surface area contributed by atoms with Crippen LogP contribution in [0.4, 0.5) is 0 Å². The summed E-state index contributed by atoms with van der Waals surface area (Å²) in [7, 11) is 0. The van der Waals surface area contributed by atoms with Crippen LogP contribution in [0.15, 0.2) is 24.3 Å². The van der Waals surface area contributed by atoms with Crippen LogP contribution >= 0.6 is 0 Å². The summed E-state index contributed by atoms with van der Waals surface area (Å²) >= 11 is 0. The molecule has 2 N–H and O–H groups in total. The van der Waals surface area contributed by atoms with Crippen LogP contribution in [0, 0.1) is 24.2 Å². The second-order valence-corrected chi connectivity index (χ2v) is 9.91. The normalized spacial score (nSPS) is 32.3. The maximum absolute atomic E-state index is 13.4. The molecule has 1 amide bonds. The third-order valence-corrected chi connectivity index (χ3v) is 6.83. The first-order chi connectivity index (χ1) is 13.7. The van der Waals surface area contributed by atoms with Gasteiger partial charge >= 0.3 is 0 Å². The topological polar surface area (TPSA) is 61.8 Å². The van der Waals surface area contributed by atoms with Crippen molar-refractivity contribution >= 4 is 5.91 Å². The van der Waals surface area contributed by atoms with Gasteiger partial charge in [-0.2, -0.15) is 5.06 Å². The van der Waals surface area contributed by atoms with E-state index in [0.717, 1.165) is 31.2 Å². The first kappa shape index (κ1) is 22.3. The van der Waals surface area contributed by atoms with Gasteiger partial charge in [-0.1, -0.05) is 57.5 Å². The summed E-state index contributed by atoms with van der Waals surface area (Å²) in [5.74, 6) is 0.487. The van der Waals surface area contributed by atoms with Gasteiger partial charge in [0.2, 0.25) is 5.91 Å². The van der Waals surface area contributed by atoms with E-state index in [0.29, 0.717) is 17.9 Å². The number of aryl methyl sites for hydroxylation is 1. The van der Waals surface area contributed by atoms with Crippen LogP contribution in [0.3, 0.4) is 0 Å². The van der Waals surface area contributed by atoms with Gasteiger partial charge in [-0.05, 0) is 49.5 Å². The Kier molecular flexibility index (Phi) is 7.02. The number of carbonyl (C=O) groups excluding carboxylic acids is 1. The highest BCUT2D eigenvalue weighted by molar-refractivity contribution is 5.82. The van der Waals surface area contributed by atoms with E-state index in [2.05, 4.69) is 58.1 Å². The van der Waals surface area contributed by atoms with Crippen LogP contribution < -0.4 is 5.32 Å². The molecule has 1 saturated carbocycles. The molecule has 0 radical (unpaired) electrons. The second kappa shape index (κ2) is 9.15. The minimum Gasteiger partial charge on any atom is -0.394 e. The smallest absolute Gasteiger partial charge is 0.240 e. The Morgan fingerprint density at radius 2 is 2.14 bits per heavy atom. The molecular weight excluding hydrogens is 364 g/mol. The van der Waals surface area contributed by atoms with Crippen LogP contribution in [0.2, 0.25) is 0 Å². The Morgan fingerprint density at radius 1 is 1.38 bits per heavy atom. The average Bonchev–Trinajstić information content (AvgIpc) is 3.01. The summed E-state index contributed by atoms with van der Waals surface area (Å²) in [5, 5.41) is 15.0. The minimum atomic E-state index is -0.375. The molecule has 1 aromatic carbocycles. The Labute approximate surface area is 175 Å². The average molecular weight is 403 g/mol. The number of nitrogens with zero attached hydrogens (tertiary/aromatic N) is 1. The van der Waals surface area contributed by atoms with E-state index in [4.69, 9.17) is 4.84 Å². The lowest BCUT2D eigenvalue weighted by Crippen LogP contribution is -2.52. The molecule has 1 aliphatic heterocycles. The van der Waals surface area contributed by atoms with E-state index in [1.165, 1.54) is 5.56 Å². The number of hydrogen-bond acceptors (Lipinski definition) is 4. The van der Waals surface area contributed by atoms with Gasteiger partial charge in [0.15, 0.2) is 0 Å². The lowest BCUT2D eigenvalue weighted by molar-refractivity contribution is -0.182. The van der Waals surface area contributed by atoms with Crippen molar-refractivity contribution in [1.82, 2.24) is 10.4 Å². The summed E-state index contributed by atoms with van der Waals surface area (Å²) in [5.41, 5.74) is 2.65. The quantitative estimate of drug-likeness (QED) is 0.759. The number of rotatable bonds is 6. The fourth-order valence-corrected chi connectivity index (χ4v) is 5.27. The van der Waals surface area contributed by atoms with Crippen molar-refractivity contribution in [3.8, 4) is 0 Å². The zero-order valence-electron chi connectivity index (χ0n) is 18.6. The first-order valence-electron chi connectivity index (χ1n) is 11.1. The van der Waals surface area contributed by atoms with E-state index in [9.17, 15) is 9.90 Å². The maximum atomic E-state index is 13.4. The molecule has 1 aliphatic carbocycles. The molecule has 1 heterocycles. The highest BCUT2D eigenvalue weighted by atomic mass is 16.7. The number of benzene rings is 1. The molecular formula is C24H38N2O3. The molecule has 162 valence electrons. The zero-order chi connectivity index (χ0) is 21.2. The SMILES string of the molecule is CC[C@@H]1C(CO)ON(Cc2cccc(C)c2)C1C(=O)N[C@H]1CCC(C)(C)CC1C.